The van der Waals surface area contributed by atoms with Gasteiger partial charge in [0.2, 0.25) is 0 Å². The molecule has 0 radical (unpaired) electrons. The molecule has 2 heterocycles. The van der Waals surface area contributed by atoms with Crippen LogP contribution in [0.1, 0.15) is 42.8 Å². The van der Waals surface area contributed by atoms with Gasteiger partial charge < -0.3 is 10.1 Å². The highest BCUT2D eigenvalue weighted by Crippen LogP contribution is 2.27. The van der Waals surface area contributed by atoms with Gasteiger partial charge in [-0.3, -0.25) is 9.80 Å². The number of rotatable bonds is 6. The smallest absolute Gasteiger partial charge is 0.106 e. The van der Waals surface area contributed by atoms with E-state index in [1.54, 1.807) is 0 Å². The first-order valence-electron chi connectivity index (χ1n) is 10.4. The van der Waals surface area contributed by atoms with Crippen LogP contribution in [-0.2, 0) is 19.5 Å². The number of nitrogens with zero attached hydrogens (tertiary/aromatic N) is 3. The van der Waals surface area contributed by atoms with Crippen molar-refractivity contribution in [3.05, 3.63) is 53.6 Å². The van der Waals surface area contributed by atoms with Crippen LogP contribution >= 0.6 is 0 Å². The summed E-state index contributed by atoms with van der Waals surface area (Å²) >= 11 is 0. The number of aromatic nitrogens is 2. The van der Waals surface area contributed by atoms with Crippen LogP contribution in [0.4, 0.5) is 0 Å². The molecule has 1 saturated heterocycles. The van der Waals surface area contributed by atoms with E-state index in [0.29, 0.717) is 0 Å². The average Bonchev–Trinajstić information content (AvgIpc) is 3.29. The maximum Gasteiger partial charge on any atom is 0.106 e. The Balaban J connectivity index is 1.30. The summed E-state index contributed by atoms with van der Waals surface area (Å²) in [5.74, 6) is 1.95. The maximum atomic E-state index is 10.5. The quantitative estimate of drug-likeness (QED) is 0.823. The van der Waals surface area contributed by atoms with Crippen molar-refractivity contribution < 1.29 is 5.11 Å². The summed E-state index contributed by atoms with van der Waals surface area (Å²) in [7, 11) is 0. The molecule has 0 spiro atoms. The first-order chi connectivity index (χ1) is 13.2. The second-order valence-electron chi connectivity index (χ2n) is 8.32. The molecular formula is C22H32N4O. The second-order valence-corrected chi connectivity index (χ2v) is 8.32. The highest BCUT2D eigenvalue weighted by atomic mass is 16.3. The Labute approximate surface area is 162 Å². The molecule has 0 amide bonds. The third kappa shape index (κ3) is 5.41. The third-order valence-corrected chi connectivity index (χ3v) is 5.95. The van der Waals surface area contributed by atoms with Crippen molar-refractivity contribution in [3.63, 3.8) is 0 Å². The van der Waals surface area contributed by atoms with Crippen molar-refractivity contribution >= 4 is 0 Å². The SMILES string of the molecule is O[C@H]1CN(Cc2ccccc2)CCN(Cc2cnc(CC3CCCC3)[nH]2)C1. The molecule has 1 aromatic carbocycles. The monoisotopic (exact) mass is 368 g/mol. The predicted molar refractivity (Wildman–Crippen MR) is 107 cm³/mol. The van der Waals surface area contributed by atoms with Gasteiger partial charge in [-0.1, -0.05) is 56.0 Å². The Kier molecular flexibility index (Phi) is 6.22. The number of nitrogens with one attached hydrogen (secondary N) is 1. The highest BCUT2D eigenvalue weighted by Gasteiger charge is 2.22. The number of hydrogen-bond donors (Lipinski definition) is 2. The first kappa shape index (κ1) is 18.7. The number of benzene rings is 1. The molecule has 27 heavy (non-hydrogen) atoms. The zero-order valence-electron chi connectivity index (χ0n) is 16.2. The molecular weight excluding hydrogens is 336 g/mol. The Hall–Kier alpha value is -1.69. The Morgan fingerprint density at radius 2 is 1.70 bits per heavy atom. The van der Waals surface area contributed by atoms with Gasteiger partial charge in [-0.05, 0) is 11.5 Å². The summed E-state index contributed by atoms with van der Waals surface area (Å²) in [6.07, 6.45) is 8.23. The van der Waals surface area contributed by atoms with E-state index in [1.807, 2.05) is 12.3 Å². The molecule has 5 heteroatoms. The van der Waals surface area contributed by atoms with Crippen LogP contribution in [0.25, 0.3) is 0 Å². The minimum atomic E-state index is -0.308. The number of aromatic amines is 1. The number of H-pyrrole nitrogens is 1. The van der Waals surface area contributed by atoms with Gasteiger partial charge >= 0.3 is 0 Å². The van der Waals surface area contributed by atoms with Gasteiger partial charge in [0.15, 0.2) is 0 Å². The standard InChI is InChI=1S/C22H32N4O/c27-21-16-25(14-19-8-2-1-3-9-19)10-11-26(17-21)15-20-13-23-22(24-20)12-18-6-4-5-7-18/h1-3,8-9,13,18,21,27H,4-7,10-12,14-17H2,(H,23,24)/t21-/m0/s1. The van der Waals surface area contributed by atoms with Crippen molar-refractivity contribution in [1.29, 1.82) is 0 Å². The van der Waals surface area contributed by atoms with Crippen molar-refractivity contribution in [2.24, 2.45) is 5.92 Å². The lowest BCUT2D eigenvalue weighted by Crippen LogP contribution is -2.33. The van der Waals surface area contributed by atoms with Crippen molar-refractivity contribution in [2.75, 3.05) is 26.2 Å². The number of aliphatic hydroxyl groups is 1. The van der Waals surface area contributed by atoms with Crippen LogP contribution in [0.3, 0.4) is 0 Å². The summed E-state index contributed by atoms with van der Waals surface area (Å²) < 4.78 is 0. The van der Waals surface area contributed by atoms with Gasteiger partial charge in [-0.2, -0.15) is 0 Å². The molecule has 1 saturated carbocycles. The van der Waals surface area contributed by atoms with Crippen LogP contribution in [0.5, 0.6) is 0 Å². The summed E-state index contributed by atoms with van der Waals surface area (Å²) in [6, 6.07) is 10.5. The lowest BCUT2D eigenvalue weighted by atomic mass is 10.0. The Bertz CT molecular complexity index is 695. The maximum absolute atomic E-state index is 10.5. The lowest BCUT2D eigenvalue weighted by Gasteiger charge is -2.21. The van der Waals surface area contributed by atoms with E-state index in [1.165, 1.54) is 36.9 Å². The van der Waals surface area contributed by atoms with Crippen molar-refractivity contribution in [3.8, 4) is 0 Å². The molecule has 0 bridgehead atoms. The summed E-state index contributed by atoms with van der Waals surface area (Å²) in [5, 5.41) is 10.5. The molecule has 146 valence electrons. The molecule has 2 aromatic rings. The average molecular weight is 369 g/mol. The fourth-order valence-electron chi connectivity index (χ4n) is 4.57. The fourth-order valence-corrected chi connectivity index (χ4v) is 4.57. The van der Waals surface area contributed by atoms with Crippen molar-refractivity contribution in [2.45, 2.75) is 51.3 Å². The molecule has 2 fully saturated rings. The fraction of sp³-hybridized carbons (Fsp3) is 0.591. The van der Waals surface area contributed by atoms with Gasteiger partial charge in [-0.15, -0.1) is 0 Å². The largest absolute Gasteiger partial charge is 0.390 e. The predicted octanol–water partition coefficient (Wildman–Crippen LogP) is 2.82. The van der Waals surface area contributed by atoms with Gasteiger partial charge in [0.1, 0.15) is 5.82 Å². The highest BCUT2D eigenvalue weighted by molar-refractivity contribution is 5.14. The molecule has 1 atom stereocenters. The van der Waals surface area contributed by atoms with E-state index >= 15 is 0 Å². The Morgan fingerprint density at radius 3 is 2.44 bits per heavy atom. The van der Waals surface area contributed by atoms with E-state index in [4.69, 9.17) is 0 Å². The van der Waals surface area contributed by atoms with Crippen molar-refractivity contribution in [1.82, 2.24) is 19.8 Å². The lowest BCUT2D eigenvalue weighted by molar-refractivity contribution is 0.105. The molecule has 5 nitrogen and oxygen atoms in total. The minimum absolute atomic E-state index is 0.308. The van der Waals surface area contributed by atoms with E-state index in [9.17, 15) is 5.11 Å². The van der Waals surface area contributed by atoms with Crippen LogP contribution < -0.4 is 0 Å². The van der Waals surface area contributed by atoms with Gasteiger partial charge in [-0.25, -0.2) is 4.98 Å². The summed E-state index contributed by atoms with van der Waals surface area (Å²) in [4.78, 5) is 12.8. The van der Waals surface area contributed by atoms with Gasteiger partial charge in [0, 0.05) is 57.6 Å². The number of hydrogen-bond acceptors (Lipinski definition) is 4. The van der Waals surface area contributed by atoms with Crippen LogP contribution in [-0.4, -0.2) is 57.2 Å². The van der Waals surface area contributed by atoms with E-state index in [2.05, 4.69) is 44.0 Å². The summed E-state index contributed by atoms with van der Waals surface area (Å²) in [6.45, 7) is 5.16. The van der Waals surface area contributed by atoms with Crippen LogP contribution in [0.15, 0.2) is 36.5 Å². The van der Waals surface area contributed by atoms with Gasteiger partial charge in [0.25, 0.3) is 0 Å². The second kappa shape index (κ2) is 9.00. The number of β-amino-alcohol motifs (C(OH)–C–C–N with tert-alkyl or cyclic N) is 1. The number of imidazole rings is 1. The van der Waals surface area contributed by atoms with E-state index in [-0.39, 0.29) is 6.10 Å². The normalized spacial score (nSPS) is 22.9. The minimum Gasteiger partial charge on any atom is -0.390 e. The number of aliphatic hydroxyl groups excluding tert-OH is 1. The first-order valence-corrected chi connectivity index (χ1v) is 10.4. The zero-order chi connectivity index (χ0) is 18.5. The molecule has 2 N–H and O–H groups in total. The molecule has 4 rings (SSSR count). The topological polar surface area (TPSA) is 55.4 Å². The van der Waals surface area contributed by atoms with Crippen LogP contribution in [0.2, 0.25) is 0 Å². The zero-order valence-corrected chi connectivity index (χ0v) is 16.2. The molecule has 1 aromatic heterocycles. The summed E-state index contributed by atoms with van der Waals surface area (Å²) in [5.41, 5.74) is 2.48. The molecule has 0 unspecified atom stereocenters. The van der Waals surface area contributed by atoms with E-state index in [0.717, 1.165) is 57.4 Å². The third-order valence-electron chi connectivity index (χ3n) is 5.95. The Morgan fingerprint density at radius 1 is 1.00 bits per heavy atom. The van der Waals surface area contributed by atoms with Crippen LogP contribution in [0, 0.1) is 5.92 Å². The molecule has 1 aliphatic carbocycles. The van der Waals surface area contributed by atoms with E-state index < -0.39 is 0 Å². The molecule has 2 aliphatic rings. The molecule has 1 aliphatic heterocycles. The van der Waals surface area contributed by atoms with Gasteiger partial charge in [0.05, 0.1) is 6.10 Å².